The van der Waals surface area contributed by atoms with Crippen molar-refractivity contribution in [3.63, 3.8) is 0 Å². The van der Waals surface area contributed by atoms with Crippen molar-refractivity contribution in [2.24, 2.45) is 5.84 Å². The maximum atomic E-state index is 5.80. The molecular weight excluding hydrogens is 272 g/mol. The van der Waals surface area contributed by atoms with E-state index >= 15 is 0 Å². The Bertz CT molecular complexity index is 555. The summed E-state index contributed by atoms with van der Waals surface area (Å²) in [5.41, 5.74) is 5.46. The summed E-state index contributed by atoms with van der Waals surface area (Å²) in [6.45, 7) is 6.62. The first-order valence-corrected chi connectivity index (χ1v) is 7.09. The van der Waals surface area contributed by atoms with Crippen LogP contribution in [-0.2, 0) is 11.8 Å². The van der Waals surface area contributed by atoms with Crippen molar-refractivity contribution in [2.75, 3.05) is 0 Å². The predicted octanol–water partition coefficient (Wildman–Crippen LogP) is 3.98. The van der Waals surface area contributed by atoms with Gasteiger partial charge in [0.25, 0.3) is 0 Å². The minimum atomic E-state index is -0.0806. The molecule has 4 heteroatoms. The van der Waals surface area contributed by atoms with Crippen molar-refractivity contribution in [1.29, 1.82) is 0 Å². The van der Waals surface area contributed by atoms with Gasteiger partial charge in [-0.25, -0.2) is 5.43 Å². The molecular formula is C16H21ClN2O. The molecule has 1 unspecified atom stereocenters. The number of furan rings is 1. The van der Waals surface area contributed by atoms with Crippen LogP contribution in [0, 0.1) is 0 Å². The van der Waals surface area contributed by atoms with Gasteiger partial charge >= 0.3 is 0 Å². The Morgan fingerprint density at radius 1 is 1.15 bits per heavy atom. The number of rotatable bonds is 4. The van der Waals surface area contributed by atoms with E-state index in [2.05, 4.69) is 50.5 Å². The molecule has 0 spiro atoms. The smallest absolute Gasteiger partial charge is 0.193 e. The van der Waals surface area contributed by atoms with E-state index in [0.29, 0.717) is 5.22 Å². The van der Waals surface area contributed by atoms with Gasteiger partial charge in [0.1, 0.15) is 5.76 Å². The van der Waals surface area contributed by atoms with E-state index < -0.39 is 0 Å². The van der Waals surface area contributed by atoms with Gasteiger partial charge in [-0.15, -0.1) is 0 Å². The summed E-state index contributed by atoms with van der Waals surface area (Å²) in [6, 6.07) is 12.1. The minimum Gasteiger partial charge on any atom is -0.448 e. The van der Waals surface area contributed by atoms with Gasteiger partial charge in [0.05, 0.1) is 6.04 Å². The molecule has 1 heterocycles. The highest BCUT2D eigenvalue weighted by Crippen LogP contribution is 2.25. The molecule has 2 aromatic rings. The molecule has 3 nitrogen and oxygen atoms in total. The van der Waals surface area contributed by atoms with Crippen LogP contribution in [-0.4, -0.2) is 0 Å². The van der Waals surface area contributed by atoms with Crippen LogP contribution in [0.5, 0.6) is 0 Å². The van der Waals surface area contributed by atoms with Gasteiger partial charge in [0.15, 0.2) is 5.22 Å². The quantitative estimate of drug-likeness (QED) is 0.662. The summed E-state index contributed by atoms with van der Waals surface area (Å²) in [7, 11) is 0. The Labute approximate surface area is 125 Å². The lowest BCUT2D eigenvalue weighted by Gasteiger charge is -2.20. The highest BCUT2D eigenvalue weighted by molar-refractivity contribution is 6.28. The number of nitrogens with two attached hydrogens (primary N) is 1. The van der Waals surface area contributed by atoms with Crippen LogP contribution in [0.4, 0.5) is 0 Å². The molecule has 0 saturated carbocycles. The van der Waals surface area contributed by atoms with Crippen molar-refractivity contribution in [2.45, 2.75) is 38.6 Å². The van der Waals surface area contributed by atoms with Gasteiger partial charge < -0.3 is 4.42 Å². The van der Waals surface area contributed by atoms with Crippen LogP contribution in [0.25, 0.3) is 0 Å². The van der Waals surface area contributed by atoms with Crippen molar-refractivity contribution in [3.05, 3.63) is 58.5 Å². The van der Waals surface area contributed by atoms with Crippen LogP contribution >= 0.6 is 11.6 Å². The predicted molar refractivity (Wildman–Crippen MR) is 82.6 cm³/mol. The van der Waals surface area contributed by atoms with Crippen molar-refractivity contribution in [3.8, 4) is 0 Å². The third kappa shape index (κ3) is 3.63. The molecule has 1 aromatic carbocycles. The second kappa shape index (κ2) is 6.00. The van der Waals surface area contributed by atoms with Crippen molar-refractivity contribution < 1.29 is 4.42 Å². The molecule has 0 amide bonds. The highest BCUT2D eigenvalue weighted by atomic mass is 35.5. The zero-order chi connectivity index (χ0) is 14.8. The van der Waals surface area contributed by atoms with Crippen LogP contribution in [0.3, 0.4) is 0 Å². The van der Waals surface area contributed by atoms with E-state index in [1.807, 2.05) is 6.07 Å². The summed E-state index contributed by atoms with van der Waals surface area (Å²) >= 11 is 5.80. The highest BCUT2D eigenvalue weighted by Gasteiger charge is 2.16. The van der Waals surface area contributed by atoms with Gasteiger partial charge in [-0.05, 0) is 46.7 Å². The first-order chi connectivity index (χ1) is 9.40. The lowest BCUT2D eigenvalue weighted by molar-refractivity contribution is 0.417. The van der Waals surface area contributed by atoms with Crippen LogP contribution < -0.4 is 11.3 Å². The molecule has 1 aromatic heterocycles. The maximum absolute atomic E-state index is 5.80. The lowest BCUT2D eigenvalue weighted by Crippen LogP contribution is -2.29. The minimum absolute atomic E-state index is 0.0806. The zero-order valence-electron chi connectivity index (χ0n) is 12.1. The van der Waals surface area contributed by atoms with Gasteiger partial charge in [-0.1, -0.05) is 45.0 Å². The van der Waals surface area contributed by atoms with Crippen LogP contribution in [0.2, 0.25) is 5.22 Å². The van der Waals surface area contributed by atoms with Crippen LogP contribution in [0.15, 0.2) is 40.8 Å². The molecule has 1 atom stereocenters. The van der Waals surface area contributed by atoms with E-state index in [4.69, 9.17) is 21.9 Å². The number of nitrogens with one attached hydrogen (secondary N) is 1. The lowest BCUT2D eigenvalue weighted by atomic mass is 9.86. The Kier molecular flexibility index (Phi) is 4.53. The molecule has 0 bridgehead atoms. The second-order valence-electron chi connectivity index (χ2n) is 6.01. The number of hydrogen-bond donors (Lipinski definition) is 2. The summed E-state index contributed by atoms with van der Waals surface area (Å²) in [5, 5.41) is 0.378. The molecule has 0 radical (unpaired) electrons. The molecule has 3 N–H and O–H groups in total. The van der Waals surface area contributed by atoms with Crippen LogP contribution in [0.1, 0.15) is 43.7 Å². The second-order valence-corrected chi connectivity index (χ2v) is 6.38. The number of hydrazine groups is 1. The largest absolute Gasteiger partial charge is 0.448 e. The fourth-order valence-electron chi connectivity index (χ4n) is 2.13. The Balaban J connectivity index is 2.12. The Morgan fingerprint density at radius 2 is 1.80 bits per heavy atom. The van der Waals surface area contributed by atoms with Gasteiger partial charge in [0, 0.05) is 0 Å². The standard InChI is InChI=1S/C16H21ClN2O/c1-16(2,3)12-6-4-11(5-7-12)10-13(19-18)14-8-9-15(17)20-14/h4-9,13,19H,10,18H2,1-3H3. The Hall–Kier alpha value is -1.29. The molecule has 108 valence electrons. The zero-order valence-corrected chi connectivity index (χ0v) is 12.9. The summed E-state index contributed by atoms with van der Waals surface area (Å²) in [6.07, 6.45) is 0.755. The van der Waals surface area contributed by atoms with Gasteiger partial charge in [-0.2, -0.15) is 0 Å². The monoisotopic (exact) mass is 292 g/mol. The summed E-state index contributed by atoms with van der Waals surface area (Å²) < 4.78 is 5.41. The molecule has 0 aliphatic carbocycles. The van der Waals surface area contributed by atoms with E-state index in [1.54, 1.807) is 6.07 Å². The fraction of sp³-hybridized carbons (Fsp3) is 0.375. The third-order valence-electron chi connectivity index (χ3n) is 3.40. The van der Waals surface area contributed by atoms with Gasteiger partial charge in [-0.3, -0.25) is 5.84 Å². The Morgan fingerprint density at radius 3 is 2.25 bits per heavy atom. The molecule has 0 aliphatic rings. The first-order valence-electron chi connectivity index (χ1n) is 6.71. The SMILES string of the molecule is CC(C)(C)c1ccc(CC(NN)c2ccc(Cl)o2)cc1. The fourth-order valence-corrected chi connectivity index (χ4v) is 2.29. The molecule has 0 saturated heterocycles. The van der Waals surface area contributed by atoms with Crippen molar-refractivity contribution in [1.82, 2.24) is 5.43 Å². The number of benzene rings is 1. The average molecular weight is 293 g/mol. The first kappa shape index (κ1) is 15.1. The topological polar surface area (TPSA) is 51.2 Å². The third-order valence-corrected chi connectivity index (χ3v) is 3.60. The van der Waals surface area contributed by atoms with E-state index in [-0.39, 0.29) is 11.5 Å². The van der Waals surface area contributed by atoms with Crippen molar-refractivity contribution >= 4 is 11.6 Å². The maximum Gasteiger partial charge on any atom is 0.193 e. The molecule has 0 aliphatic heterocycles. The van der Waals surface area contributed by atoms with E-state index in [1.165, 1.54) is 11.1 Å². The van der Waals surface area contributed by atoms with E-state index in [9.17, 15) is 0 Å². The number of hydrogen-bond acceptors (Lipinski definition) is 3. The summed E-state index contributed by atoms with van der Waals surface area (Å²) in [5.74, 6) is 6.36. The normalized spacial score (nSPS) is 13.4. The van der Waals surface area contributed by atoms with E-state index in [0.717, 1.165) is 12.2 Å². The molecule has 2 rings (SSSR count). The molecule has 0 fully saturated rings. The average Bonchev–Trinajstić information content (AvgIpc) is 2.82. The summed E-state index contributed by atoms with van der Waals surface area (Å²) in [4.78, 5) is 0. The van der Waals surface area contributed by atoms with Gasteiger partial charge in [0.2, 0.25) is 0 Å². The number of halogens is 1. The molecule has 20 heavy (non-hydrogen) atoms.